The number of hydrogen-bond acceptors (Lipinski definition) is 7. The van der Waals surface area contributed by atoms with Gasteiger partial charge in [0, 0.05) is 32.7 Å². The predicted octanol–water partition coefficient (Wildman–Crippen LogP) is 0.917. The third kappa shape index (κ3) is 6.32. The molecule has 0 aromatic heterocycles. The van der Waals surface area contributed by atoms with Crippen LogP contribution in [0.2, 0.25) is 0 Å². The molecule has 2 amide bonds. The van der Waals surface area contributed by atoms with Crippen LogP contribution in [0, 0.1) is 11.8 Å². The minimum atomic E-state index is -3.73. The van der Waals surface area contributed by atoms with Crippen LogP contribution in [0.25, 0.3) is 0 Å². The number of nitrogens with one attached hydrogen (secondary N) is 1. The molecule has 4 rings (SSSR count). The zero-order valence-electron chi connectivity index (χ0n) is 20.6. The third-order valence-electron chi connectivity index (χ3n) is 6.73. The van der Waals surface area contributed by atoms with Crippen molar-refractivity contribution in [2.75, 3.05) is 70.5 Å². The number of piperidine rings is 1. The minimum Gasteiger partial charge on any atom is -0.482 e. The predicted molar refractivity (Wildman–Crippen MR) is 131 cm³/mol. The lowest BCUT2D eigenvalue weighted by molar-refractivity contribution is -0.125. The van der Waals surface area contributed by atoms with E-state index >= 15 is 0 Å². The zero-order chi connectivity index (χ0) is 25.0. The average Bonchev–Trinajstić information content (AvgIpc) is 2.83. The van der Waals surface area contributed by atoms with Gasteiger partial charge in [0.15, 0.2) is 6.61 Å². The van der Waals surface area contributed by atoms with Crippen LogP contribution in [-0.4, -0.2) is 95.1 Å². The lowest BCUT2D eigenvalue weighted by Crippen LogP contribution is -2.46. The Labute approximate surface area is 207 Å². The molecule has 194 valence electrons. The summed E-state index contributed by atoms with van der Waals surface area (Å²) in [6.07, 6.45) is 1.79. The number of nitrogens with zero attached hydrogens (tertiary/aromatic N) is 3. The summed E-state index contributed by atoms with van der Waals surface area (Å²) in [6, 6.07) is 4.54. The van der Waals surface area contributed by atoms with Crippen molar-refractivity contribution in [2.45, 2.75) is 31.6 Å². The summed E-state index contributed by atoms with van der Waals surface area (Å²) < 4.78 is 39.1. The Bertz CT molecular complexity index is 1020. The summed E-state index contributed by atoms with van der Waals surface area (Å²) in [5.74, 6) is 0.277. The number of rotatable bonds is 8. The van der Waals surface area contributed by atoms with Crippen LogP contribution < -0.4 is 15.0 Å². The van der Waals surface area contributed by atoms with Gasteiger partial charge in [-0.1, -0.05) is 13.8 Å². The molecule has 1 aromatic carbocycles. The highest BCUT2D eigenvalue weighted by molar-refractivity contribution is 7.89. The van der Waals surface area contributed by atoms with Gasteiger partial charge in [-0.3, -0.25) is 19.4 Å². The van der Waals surface area contributed by atoms with E-state index in [1.807, 2.05) is 0 Å². The van der Waals surface area contributed by atoms with Gasteiger partial charge in [0.2, 0.25) is 15.9 Å². The molecule has 3 heterocycles. The Hall–Kier alpha value is -2.21. The lowest BCUT2D eigenvalue weighted by Gasteiger charge is -2.34. The highest BCUT2D eigenvalue weighted by atomic mass is 32.2. The maximum Gasteiger partial charge on any atom is 0.265 e. The summed E-state index contributed by atoms with van der Waals surface area (Å²) in [5, 5.41) is 2.87. The largest absolute Gasteiger partial charge is 0.482 e. The van der Waals surface area contributed by atoms with Gasteiger partial charge in [-0.2, -0.15) is 4.31 Å². The summed E-state index contributed by atoms with van der Waals surface area (Å²) in [7, 11) is -3.73. The van der Waals surface area contributed by atoms with Crippen LogP contribution in [0.5, 0.6) is 5.75 Å². The van der Waals surface area contributed by atoms with Crippen molar-refractivity contribution >= 4 is 27.5 Å². The molecule has 1 aromatic rings. The molecule has 2 fully saturated rings. The number of ether oxygens (including phenoxy) is 2. The van der Waals surface area contributed by atoms with Gasteiger partial charge < -0.3 is 14.8 Å². The SMILES string of the molecule is C[C@H]1C[C@H](C)CN(S(=O)(=O)c2ccc3c(c2)N(CC(=O)NCCCN2CCOCC2)C(=O)CO3)C1. The second-order valence-electron chi connectivity index (χ2n) is 9.82. The van der Waals surface area contributed by atoms with Gasteiger partial charge in [-0.25, -0.2) is 8.42 Å². The summed E-state index contributed by atoms with van der Waals surface area (Å²) >= 11 is 0. The second kappa shape index (κ2) is 11.2. The van der Waals surface area contributed by atoms with Crippen LogP contribution in [-0.2, 0) is 24.3 Å². The van der Waals surface area contributed by atoms with Crippen molar-refractivity contribution < 1.29 is 27.5 Å². The molecule has 0 bridgehead atoms. The number of anilines is 1. The Morgan fingerprint density at radius 3 is 2.57 bits per heavy atom. The topological polar surface area (TPSA) is 108 Å². The Morgan fingerprint density at radius 1 is 1.14 bits per heavy atom. The average molecular weight is 509 g/mol. The molecule has 2 saturated heterocycles. The van der Waals surface area contributed by atoms with E-state index in [-0.39, 0.29) is 41.7 Å². The number of sulfonamides is 1. The molecular formula is C24H36N4O6S. The number of fused-ring (bicyclic) bond motifs is 1. The number of carbonyl (C=O) groups excluding carboxylic acids is 2. The molecule has 11 heteroatoms. The lowest BCUT2D eigenvalue weighted by atomic mass is 9.94. The normalized spacial score (nSPS) is 24.1. The van der Waals surface area contributed by atoms with Crippen molar-refractivity contribution in [3.63, 3.8) is 0 Å². The van der Waals surface area contributed by atoms with E-state index in [9.17, 15) is 18.0 Å². The van der Waals surface area contributed by atoms with Crippen molar-refractivity contribution in [3.05, 3.63) is 18.2 Å². The molecule has 0 saturated carbocycles. The Kier molecular flexibility index (Phi) is 8.31. The number of hydrogen-bond donors (Lipinski definition) is 1. The quantitative estimate of drug-likeness (QED) is 0.520. The van der Waals surface area contributed by atoms with Gasteiger partial charge in [-0.15, -0.1) is 0 Å². The fourth-order valence-corrected chi connectivity index (χ4v) is 6.72. The second-order valence-corrected chi connectivity index (χ2v) is 11.8. The van der Waals surface area contributed by atoms with Crippen molar-refractivity contribution in [1.29, 1.82) is 0 Å². The van der Waals surface area contributed by atoms with Crippen molar-refractivity contribution in [1.82, 2.24) is 14.5 Å². The highest BCUT2D eigenvalue weighted by Crippen LogP contribution is 2.36. The number of carbonyl (C=O) groups is 2. The molecule has 3 aliphatic heterocycles. The molecule has 2 atom stereocenters. The van der Waals surface area contributed by atoms with Gasteiger partial charge in [0.1, 0.15) is 12.3 Å². The highest BCUT2D eigenvalue weighted by Gasteiger charge is 2.34. The van der Waals surface area contributed by atoms with Crippen LogP contribution >= 0.6 is 0 Å². The van der Waals surface area contributed by atoms with Crippen molar-refractivity contribution in [2.24, 2.45) is 11.8 Å². The van der Waals surface area contributed by atoms with E-state index in [1.54, 1.807) is 6.07 Å². The van der Waals surface area contributed by atoms with Gasteiger partial charge >= 0.3 is 0 Å². The van der Waals surface area contributed by atoms with Gasteiger partial charge in [0.05, 0.1) is 23.8 Å². The standard InChI is InChI=1S/C24H36N4O6S/c1-18-12-19(2)15-27(14-18)35(31,32)20-4-5-22-21(13-20)28(24(30)17-34-22)16-23(29)25-6-3-7-26-8-10-33-11-9-26/h4-5,13,18-19H,3,6-12,14-17H2,1-2H3,(H,25,29)/t18-,19-/m0/s1. The molecule has 0 unspecified atom stereocenters. The van der Waals surface area contributed by atoms with E-state index < -0.39 is 10.0 Å². The summed E-state index contributed by atoms with van der Waals surface area (Å²) in [5.41, 5.74) is 0.309. The molecule has 0 radical (unpaired) electrons. The van der Waals surface area contributed by atoms with E-state index in [1.165, 1.54) is 21.3 Å². The zero-order valence-corrected chi connectivity index (χ0v) is 21.4. The van der Waals surface area contributed by atoms with Gasteiger partial charge in [-0.05, 0) is 49.4 Å². The first-order valence-corrected chi connectivity index (χ1v) is 13.8. The first-order chi connectivity index (χ1) is 16.7. The Morgan fingerprint density at radius 2 is 1.86 bits per heavy atom. The molecule has 10 nitrogen and oxygen atoms in total. The van der Waals surface area contributed by atoms with Crippen molar-refractivity contribution in [3.8, 4) is 5.75 Å². The monoisotopic (exact) mass is 508 g/mol. The van der Waals surface area contributed by atoms with Crippen LogP contribution in [0.1, 0.15) is 26.7 Å². The summed E-state index contributed by atoms with van der Waals surface area (Å²) in [4.78, 5) is 28.9. The number of amides is 2. The van der Waals surface area contributed by atoms with Crippen LogP contribution in [0.15, 0.2) is 23.1 Å². The molecule has 35 heavy (non-hydrogen) atoms. The van der Waals surface area contributed by atoms with E-state index in [0.717, 1.165) is 45.7 Å². The smallest absolute Gasteiger partial charge is 0.265 e. The first kappa shape index (κ1) is 25.9. The fraction of sp³-hybridized carbons (Fsp3) is 0.667. The number of morpholine rings is 1. The minimum absolute atomic E-state index is 0.103. The maximum absolute atomic E-state index is 13.4. The molecule has 0 aliphatic carbocycles. The summed E-state index contributed by atoms with van der Waals surface area (Å²) in [6.45, 7) is 9.30. The van der Waals surface area contributed by atoms with E-state index in [4.69, 9.17) is 9.47 Å². The maximum atomic E-state index is 13.4. The van der Waals surface area contributed by atoms with Crippen LogP contribution in [0.4, 0.5) is 5.69 Å². The Balaban J connectivity index is 1.41. The van der Waals surface area contributed by atoms with E-state index in [0.29, 0.717) is 31.1 Å². The van der Waals surface area contributed by atoms with Gasteiger partial charge in [0.25, 0.3) is 5.91 Å². The molecular weight excluding hydrogens is 472 g/mol. The fourth-order valence-electron chi connectivity index (χ4n) is 5.02. The van der Waals surface area contributed by atoms with Crippen LogP contribution in [0.3, 0.4) is 0 Å². The molecule has 1 N–H and O–H groups in total. The molecule has 3 aliphatic rings. The third-order valence-corrected chi connectivity index (χ3v) is 8.55. The first-order valence-electron chi connectivity index (χ1n) is 12.4. The van der Waals surface area contributed by atoms with E-state index in [2.05, 4.69) is 24.1 Å². The number of benzene rings is 1. The molecule has 0 spiro atoms.